The van der Waals surface area contributed by atoms with Gasteiger partial charge >= 0.3 is 0 Å². The summed E-state index contributed by atoms with van der Waals surface area (Å²) in [7, 11) is 1.82. The molecule has 1 N–H and O–H groups in total. The Kier molecular flexibility index (Phi) is 4.74. The zero-order chi connectivity index (χ0) is 17.1. The molecular formula is C17H13ClN4OS. The third-order valence-corrected chi connectivity index (χ3v) is 4.92. The molecule has 2 aromatic heterocycles. The summed E-state index contributed by atoms with van der Waals surface area (Å²) in [4.78, 5) is 8.60. The third-order valence-electron chi connectivity index (χ3n) is 3.48. The second-order valence-corrected chi connectivity index (χ2v) is 6.37. The molecule has 0 aliphatic heterocycles. The maximum absolute atomic E-state index is 10.4. The topological polar surface area (TPSA) is 74.7 Å². The van der Waals surface area contributed by atoms with Gasteiger partial charge in [0.2, 0.25) is 0 Å². The molecule has 0 saturated heterocycles. The van der Waals surface area contributed by atoms with Crippen LogP contribution in [0, 0.1) is 11.3 Å². The van der Waals surface area contributed by atoms with Crippen molar-refractivity contribution in [1.29, 1.82) is 5.26 Å². The number of benzene rings is 1. The Morgan fingerprint density at radius 2 is 2.12 bits per heavy atom. The van der Waals surface area contributed by atoms with Crippen LogP contribution in [-0.4, -0.2) is 25.4 Å². The maximum Gasteiger partial charge on any atom is 0.155 e. The van der Waals surface area contributed by atoms with Crippen LogP contribution in [0.1, 0.15) is 5.82 Å². The summed E-state index contributed by atoms with van der Waals surface area (Å²) in [5, 5.41) is 21.0. The average molecular weight is 357 g/mol. The van der Waals surface area contributed by atoms with Crippen molar-refractivity contribution in [1.82, 2.24) is 14.5 Å². The van der Waals surface area contributed by atoms with Crippen LogP contribution in [0.3, 0.4) is 0 Å². The summed E-state index contributed by atoms with van der Waals surface area (Å²) >= 11 is 7.32. The normalized spacial score (nSPS) is 12.0. The molecule has 1 aromatic carbocycles. The van der Waals surface area contributed by atoms with Gasteiger partial charge in [-0.1, -0.05) is 35.5 Å². The number of pyridine rings is 1. The van der Waals surface area contributed by atoms with Crippen LogP contribution in [0.5, 0.6) is 0 Å². The van der Waals surface area contributed by atoms with E-state index in [1.165, 1.54) is 11.8 Å². The number of aryl methyl sites for hydroxylation is 1. The fraction of sp³-hybridized carbons (Fsp3) is 0.118. The molecule has 120 valence electrons. The first-order chi connectivity index (χ1) is 11.6. The van der Waals surface area contributed by atoms with Crippen molar-refractivity contribution in [3.63, 3.8) is 0 Å². The van der Waals surface area contributed by atoms with Crippen molar-refractivity contribution in [2.45, 2.75) is 5.03 Å². The zero-order valence-electron chi connectivity index (χ0n) is 12.8. The molecule has 3 rings (SSSR count). The lowest BCUT2D eigenvalue weighted by Crippen LogP contribution is -2.01. The molecule has 24 heavy (non-hydrogen) atoms. The highest BCUT2D eigenvalue weighted by Crippen LogP contribution is 2.28. The van der Waals surface area contributed by atoms with Crippen LogP contribution in [0.15, 0.2) is 53.4 Å². The Labute approximate surface area is 148 Å². The van der Waals surface area contributed by atoms with Crippen molar-refractivity contribution in [3.05, 3.63) is 59.2 Å². The first-order valence-electron chi connectivity index (χ1n) is 7.09. The second-order valence-electron chi connectivity index (χ2n) is 5.00. The van der Waals surface area contributed by atoms with E-state index >= 15 is 0 Å². The van der Waals surface area contributed by atoms with E-state index in [-0.39, 0.29) is 17.1 Å². The first-order valence-corrected chi connectivity index (χ1v) is 8.45. The average Bonchev–Trinajstić information content (AvgIpc) is 2.92. The SMILES string of the molecule is Cn1c(/C(C#N)=C(\O)CSc2ncccc2Cl)nc2ccccc21. The Hall–Kier alpha value is -2.49. The van der Waals surface area contributed by atoms with Crippen LogP contribution in [0.25, 0.3) is 16.6 Å². The monoisotopic (exact) mass is 356 g/mol. The fourth-order valence-corrected chi connectivity index (χ4v) is 3.34. The number of aromatic nitrogens is 3. The number of rotatable bonds is 4. The minimum absolute atomic E-state index is 0.0531. The quantitative estimate of drug-likeness (QED) is 0.430. The van der Waals surface area contributed by atoms with Crippen LogP contribution in [0.2, 0.25) is 5.02 Å². The van der Waals surface area contributed by atoms with Gasteiger partial charge in [-0.05, 0) is 24.3 Å². The van der Waals surface area contributed by atoms with Crippen molar-refractivity contribution in [2.24, 2.45) is 7.05 Å². The molecule has 0 atom stereocenters. The molecule has 0 radical (unpaired) electrons. The lowest BCUT2D eigenvalue weighted by molar-refractivity contribution is 0.420. The van der Waals surface area contributed by atoms with Crippen molar-refractivity contribution < 1.29 is 5.11 Å². The number of nitriles is 1. The lowest BCUT2D eigenvalue weighted by Gasteiger charge is -2.06. The van der Waals surface area contributed by atoms with Gasteiger partial charge in [-0.2, -0.15) is 5.26 Å². The third kappa shape index (κ3) is 3.09. The molecule has 0 spiro atoms. The highest BCUT2D eigenvalue weighted by molar-refractivity contribution is 7.99. The second kappa shape index (κ2) is 6.95. The molecule has 2 heterocycles. The van der Waals surface area contributed by atoms with Crippen LogP contribution in [0.4, 0.5) is 0 Å². The minimum atomic E-state index is -0.0531. The van der Waals surface area contributed by atoms with Gasteiger partial charge in [0.1, 0.15) is 22.4 Å². The summed E-state index contributed by atoms with van der Waals surface area (Å²) in [5.74, 6) is 0.564. The number of fused-ring (bicyclic) bond motifs is 1. The Bertz CT molecular complexity index is 974. The summed E-state index contributed by atoms with van der Waals surface area (Å²) in [5.41, 5.74) is 1.82. The Morgan fingerprint density at radius 1 is 1.33 bits per heavy atom. The van der Waals surface area contributed by atoms with E-state index < -0.39 is 0 Å². The van der Waals surface area contributed by atoms with Gasteiger partial charge in [-0.15, -0.1) is 0 Å². The summed E-state index contributed by atoms with van der Waals surface area (Å²) in [6, 6.07) is 13.1. The number of hydrogen-bond acceptors (Lipinski definition) is 5. The molecule has 7 heteroatoms. The molecule has 0 aliphatic carbocycles. The summed E-state index contributed by atoms with van der Waals surface area (Å²) in [6.07, 6.45) is 1.63. The molecular weight excluding hydrogens is 344 g/mol. The largest absolute Gasteiger partial charge is 0.510 e. The van der Waals surface area contributed by atoms with Gasteiger partial charge in [0, 0.05) is 13.2 Å². The molecule has 0 fully saturated rings. The summed E-state index contributed by atoms with van der Waals surface area (Å²) in [6.45, 7) is 0. The van der Waals surface area contributed by atoms with E-state index in [0.717, 1.165) is 11.0 Å². The van der Waals surface area contributed by atoms with Gasteiger partial charge in [0.15, 0.2) is 5.82 Å². The highest BCUT2D eigenvalue weighted by atomic mass is 35.5. The number of hydrogen-bond donors (Lipinski definition) is 1. The van der Waals surface area contributed by atoms with E-state index in [4.69, 9.17) is 11.6 Å². The maximum atomic E-state index is 10.4. The molecule has 3 aromatic rings. The van der Waals surface area contributed by atoms with Crippen LogP contribution < -0.4 is 0 Å². The van der Waals surface area contributed by atoms with Crippen molar-refractivity contribution in [3.8, 4) is 6.07 Å². The van der Waals surface area contributed by atoms with Crippen LogP contribution in [-0.2, 0) is 7.05 Å². The molecule has 0 unspecified atom stereocenters. The number of thioether (sulfide) groups is 1. The van der Waals surface area contributed by atoms with Gasteiger partial charge in [-0.25, -0.2) is 9.97 Å². The lowest BCUT2D eigenvalue weighted by atomic mass is 10.2. The molecule has 5 nitrogen and oxygen atoms in total. The number of halogens is 1. The Morgan fingerprint density at radius 3 is 2.83 bits per heavy atom. The van der Waals surface area contributed by atoms with Gasteiger partial charge in [0.05, 0.1) is 21.8 Å². The smallest absolute Gasteiger partial charge is 0.155 e. The zero-order valence-corrected chi connectivity index (χ0v) is 14.3. The number of nitrogens with zero attached hydrogens (tertiary/aromatic N) is 4. The van der Waals surface area contributed by atoms with Crippen LogP contribution >= 0.6 is 23.4 Å². The van der Waals surface area contributed by atoms with E-state index in [9.17, 15) is 10.4 Å². The standard InChI is InChI=1S/C17H13ClN4OS/c1-22-14-7-3-2-6-13(14)21-16(22)11(9-19)15(23)10-24-17-12(18)5-4-8-20-17/h2-8,23H,10H2,1H3/b15-11-. The number of allylic oxidation sites excluding steroid dienone is 1. The van der Waals surface area contributed by atoms with Gasteiger partial charge in [-0.3, -0.25) is 0 Å². The number of aliphatic hydroxyl groups excluding tert-OH is 1. The molecule has 0 saturated carbocycles. The molecule has 0 bridgehead atoms. The molecule has 0 amide bonds. The molecule has 0 aliphatic rings. The summed E-state index contributed by atoms with van der Waals surface area (Å²) < 4.78 is 1.79. The predicted molar refractivity (Wildman–Crippen MR) is 95.8 cm³/mol. The number of imidazole rings is 1. The van der Waals surface area contributed by atoms with E-state index in [1.807, 2.05) is 31.3 Å². The van der Waals surface area contributed by atoms with E-state index in [1.54, 1.807) is 22.9 Å². The number of aliphatic hydroxyl groups is 1. The first kappa shape index (κ1) is 16.4. The number of para-hydroxylation sites is 2. The highest BCUT2D eigenvalue weighted by Gasteiger charge is 2.17. The minimum Gasteiger partial charge on any atom is -0.510 e. The van der Waals surface area contributed by atoms with E-state index in [2.05, 4.69) is 16.0 Å². The predicted octanol–water partition coefficient (Wildman–Crippen LogP) is 4.21. The van der Waals surface area contributed by atoms with Gasteiger partial charge in [0.25, 0.3) is 0 Å². The Balaban J connectivity index is 1.94. The van der Waals surface area contributed by atoms with Crippen molar-refractivity contribution >= 4 is 40.0 Å². The van der Waals surface area contributed by atoms with E-state index in [0.29, 0.717) is 15.9 Å². The fourth-order valence-electron chi connectivity index (χ4n) is 2.30. The van der Waals surface area contributed by atoms with Gasteiger partial charge < -0.3 is 9.67 Å². The van der Waals surface area contributed by atoms with Crippen molar-refractivity contribution in [2.75, 3.05) is 5.75 Å².